The molecule has 26 heavy (non-hydrogen) atoms. The Morgan fingerprint density at radius 1 is 1.08 bits per heavy atom. The lowest BCUT2D eigenvalue weighted by molar-refractivity contribution is 0.126. The molecular weight excluding hydrogens is 337 g/mol. The average molecular weight is 357 g/mol. The summed E-state index contributed by atoms with van der Waals surface area (Å²) >= 11 is 0. The highest BCUT2D eigenvalue weighted by atomic mass is 19.1. The van der Waals surface area contributed by atoms with Crippen molar-refractivity contribution in [3.63, 3.8) is 0 Å². The number of aliphatic imine (C=N–C) groups is 2. The van der Waals surface area contributed by atoms with Crippen molar-refractivity contribution in [2.75, 3.05) is 6.73 Å². The van der Waals surface area contributed by atoms with Crippen molar-refractivity contribution in [1.29, 1.82) is 0 Å². The van der Waals surface area contributed by atoms with Crippen LogP contribution in [0.4, 0.5) is 4.39 Å². The molecule has 0 spiro atoms. The smallest absolute Gasteiger partial charge is 0.314 e. The third-order valence-corrected chi connectivity index (χ3v) is 3.14. The van der Waals surface area contributed by atoms with E-state index in [9.17, 15) is 9.50 Å². The minimum atomic E-state index is -0.719. The van der Waals surface area contributed by atoms with Crippen molar-refractivity contribution in [1.82, 2.24) is 0 Å². The molecule has 7 heteroatoms. The molecule has 0 fully saturated rings. The maximum atomic E-state index is 13.1. The van der Waals surface area contributed by atoms with Crippen molar-refractivity contribution in [2.45, 2.75) is 13.2 Å². The predicted octanol–water partition coefficient (Wildman–Crippen LogP) is 3.28. The number of allylic oxidation sites excluding steroid dienone is 1. The third-order valence-electron chi connectivity index (χ3n) is 3.14. The fourth-order valence-electron chi connectivity index (χ4n) is 1.92. The number of nitrogens with two attached hydrogens (primary N) is 1. The van der Waals surface area contributed by atoms with Gasteiger partial charge >= 0.3 is 6.02 Å². The van der Waals surface area contributed by atoms with E-state index in [-0.39, 0.29) is 25.1 Å². The molecule has 3 N–H and O–H groups in total. The highest BCUT2D eigenvalue weighted by Gasteiger charge is 2.01. The molecule has 2 aromatic rings. The van der Waals surface area contributed by atoms with Crippen LogP contribution in [0.25, 0.3) is 0 Å². The van der Waals surface area contributed by atoms with Crippen molar-refractivity contribution in [3.05, 3.63) is 77.8 Å². The van der Waals surface area contributed by atoms with E-state index in [1.807, 2.05) is 30.3 Å². The Bertz CT molecular complexity index is 777. The Labute approximate surface area is 151 Å². The first kappa shape index (κ1) is 19.1. The molecule has 6 nitrogen and oxygen atoms in total. The fraction of sp³-hybridized carbons (Fsp3) is 0.158. The Kier molecular flexibility index (Phi) is 7.82. The van der Waals surface area contributed by atoms with Crippen LogP contribution in [0.15, 0.2) is 76.6 Å². The van der Waals surface area contributed by atoms with Gasteiger partial charge in [0.25, 0.3) is 0 Å². The topological polar surface area (TPSA) is 89.4 Å². The zero-order valence-corrected chi connectivity index (χ0v) is 14.1. The lowest BCUT2D eigenvalue weighted by Crippen LogP contribution is -2.05. The normalized spacial score (nSPS) is 12.5. The maximum Gasteiger partial charge on any atom is 0.314 e. The number of halogens is 1. The standard InChI is InChI=1S/C19H20FN3O3/c20-17(10-21)11-22-19(26-13-16-7-4-8-18(24)9-16)23-14-25-12-15-5-2-1-3-6-15/h1-11,24H,12-14,21H2/b17-10-,22-11-,23-19+. The summed E-state index contributed by atoms with van der Waals surface area (Å²) in [5.41, 5.74) is 6.79. The summed E-state index contributed by atoms with van der Waals surface area (Å²) in [5, 5.41) is 9.46. The minimum Gasteiger partial charge on any atom is -0.508 e. The Morgan fingerprint density at radius 2 is 1.85 bits per heavy atom. The summed E-state index contributed by atoms with van der Waals surface area (Å²) in [6.45, 7) is 0.484. The molecule has 0 aliphatic carbocycles. The third kappa shape index (κ3) is 7.14. The van der Waals surface area contributed by atoms with Gasteiger partial charge in [-0.1, -0.05) is 42.5 Å². The second-order valence-electron chi connectivity index (χ2n) is 5.17. The molecule has 2 aromatic carbocycles. The van der Waals surface area contributed by atoms with E-state index in [1.54, 1.807) is 24.3 Å². The summed E-state index contributed by atoms with van der Waals surface area (Å²) in [6.07, 6.45) is 1.68. The van der Waals surface area contributed by atoms with Gasteiger partial charge in [-0.05, 0) is 23.3 Å². The highest BCUT2D eigenvalue weighted by molar-refractivity contribution is 5.89. The van der Waals surface area contributed by atoms with E-state index >= 15 is 0 Å². The van der Waals surface area contributed by atoms with Gasteiger partial charge in [-0.3, -0.25) is 0 Å². The van der Waals surface area contributed by atoms with Crippen molar-refractivity contribution >= 4 is 12.2 Å². The molecule has 0 amide bonds. The van der Waals surface area contributed by atoms with E-state index in [4.69, 9.17) is 15.2 Å². The molecule has 0 unspecified atom stereocenters. The van der Waals surface area contributed by atoms with Gasteiger partial charge in [0, 0.05) is 6.20 Å². The number of hydrogen-bond donors (Lipinski definition) is 2. The van der Waals surface area contributed by atoms with E-state index in [0.717, 1.165) is 18.0 Å². The van der Waals surface area contributed by atoms with Gasteiger partial charge in [-0.25, -0.2) is 14.4 Å². The Morgan fingerprint density at radius 3 is 2.58 bits per heavy atom. The SMILES string of the molecule is N/C=C(F)/C=N\C(=N/COCc1ccccc1)OCc1cccc(O)c1. The molecule has 0 radical (unpaired) electrons. The minimum absolute atomic E-state index is 0.00440. The van der Waals surface area contributed by atoms with Crippen LogP contribution < -0.4 is 5.73 Å². The zero-order chi connectivity index (χ0) is 18.6. The summed E-state index contributed by atoms with van der Waals surface area (Å²) in [5.74, 6) is -0.597. The van der Waals surface area contributed by atoms with Crippen LogP contribution in [0.1, 0.15) is 11.1 Å². The van der Waals surface area contributed by atoms with E-state index in [1.165, 1.54) is 0 Å². The van der Waals surface area contributed by atoms with Gasteiger partial charge in [0.05, 0.1) is 12.8 Å². The first-order valence-corrected chi connectivity index (χ1v) is 7.85. The molecule has 0 saturated heterocycles. The first-order chi connectivity index (χ1) is 12.7. The van der Waals surface area contributed by atoms with Crippen LogP contribution in [-0.4, -0.2) is 24.1 Å². The van der Waals surface area contributed by atoms with Crippen molar-refractivity contribution < 1.29 is 19.0 Å². The molecule has 0 aliphatic rings. The maximum absolute atomic E-state index is 13.1. The molecule has 0 aliphatic heterocycles. The number of nitrogens with zero attached hydrogens (tertiary/aromatic N) is 2. The van der Waals surface area contributed by atoms with Crippen molar-refractivity contribution in [3.8, 4) is 5.75 Å². The molecular formula is C19H20FN3O3. The van der Waals surface area contributed by atoms with Gasteiger partial charge in [0.15, 0.2) is 5.83 Å². The molecule has 2 rings (SSSR count). The molecule has 0 heterocycles. The zero-order valence-electron chi connectivity index (χ0n) is 14.1. The molecule has 0 saturated carbocycles. The lowest BCUT2D eigenvalue weighted by atomic mass is 10.2. The van der Waals surface area contributed by atoms with Gasteiger partial charge in [-0.2, -0.15) is 0 Å². The molecule has 136 valence electrons. The first-order valence-electron chi connectivity index (χ1n) is 7.85. The summed E-state index contributed by atoms with van der Waals surface area (Å²) in [6, 6.07) is 16.1. The van der Waals surface area contributed by atoms with Gasteiger partial charge in [0.2, 0.25) is 0 Å². The lowest BCUT2D eigenvalue weighted by Gasteiger charge is -2.06. The quantitative estimate of drug-likeness (QED) is 0.452. The number of benzene rings is 2. The van der Waals surface area contributed by atoms with E-state index in [0.29, 0.717) is 12.2 Å². The second-order valence-corrected chi connectivity index (χ2v) is 5.17. The van der Waals surface area contributed by atoms with Crippen molar-refractivity contribution in [2.24, 2.45) is 15.7 Å². The number of amidine groups is 1. The highest BCUT2D eigenvalue weighted by Crippen LogP contribution is 2.12. The fourth-order valence-corrected chi connectivity index (χ4v) is 1.92. The Hall–Kier alpha value is -3.19. The van der Waals surface area contributed by atoms with Gasteiger partial charge in [-0.15, -0.1) is 0 Å². The average Bonchev–Trinajstić information content (AvgIpc) is 2.67. The number of ether oxygens (including phenoxy) is 2. The van der Waals surface area contributed by atoms with E-state index < -0.39 is 5.83 Å². The molecule has 0 bridgehead atoms. The monoisotopic (exact) mass is 357 g/mol. The van der Waals surface area contributed by atoms with Crippen LogP contribution in [0.2, 0.25) is 0 Å². The van der Waals surface area contributed by atoms with Crippen LogP contribution in [0.3, 0.4) is 0 Å². The second kappa shape index (κ2) is 10.6. The van der Waals surface area contributed by atoms with E-state index in [2.05, 4.69) is 9.98 Å². The summed E-state index contributed by atoms with van der Waals surface area (Å²) in [4.78, 5) is 7.87. The number of phenolic OH excluding ortho intramolecular Hbond substituents is 1. The van der Waals surface area contributed by atoms with Crippen LogP contribution in [0.5, 0.6) is 5.75 Å². The predicted molar refractivity (Wildman–Crippen MR) is 98.3 cm³/mol. The van der Waals surface area contributed by atoms with Gasteiger partial charge in [0.1, 0.15) is 19.1 Å². The van der Waals surface area contributed by atoms with Crippen LogP contribution >= 0.6 is 0 Å². The van der Waals surface area contributed by atoms with Gasteiger partial charge < -0.3 is 20.3 Å². The Balaban J connectivity index is 1.94. The molecule has 0 aromatic heterocycles. The number of rotatable bonds is 7. The number of phenols is 1. The largest absolute Gasteiger partial charge is 0.508 e. The summed E-state index contributed by atoms with van der Waals surface area (Å²) in [7, 11) is 0. The summed E-state index contributed by atoms with van der Waals surface area (Å²) < 4.78 is 24.0. The number of hydrogen-bond acceptors (Lipinski definition) is 5. The van der Waals surface area contributed by atoms with Crippen LogP contribution in [0, 0.1) is 0 Å². The van der Waals surface area contributed by atoms with Crippen LogP contribution in [-0.2, 0) is 22.7 Å². The molecule has 0 atom stereocenters. The number of aromatic hydroxyl groups is 1.